The van der Waals surface area contributed by atoms with Crippen molar-refractivity contribution in [3.05, 3.63) is 110 Å². The van der Waals surface area contributed by atoms with E-state index in [-0.39, 0.29) is 11.2 Å². The van der Waals surface area contributed by atoms with Gasteiger partial charge < -0.3 is 4.42 Å². The van der Waals surface area contributed by atoms with E-state index < -0.39 is 0 Å². The minimum atomic E-state index is -0.378. The summed E-state index contributed by atoms with van der Waals surface area (Å²) in [6.07, 6.45) is 1.05. The molecule has 0 radical (unpaired) electrons. The Morgan fingerprint density at radius 3 is 2.47 bits per heavy atom. The molecule has 0 N–H and O–H groups in total. The average Bonchev–Trinajstić information content (AvgIpc) is 2.89. The van der Waals surface area contributed by atoms with Gasteiger partial charge in [-0.25, -0.2) is 9.78 Å². The van der Waals surface area contributed by atoms with Crippen LogP contribution in [-0.4, -0.2) is 9.55 Å². The molecule has 2 heterocycles. The maximum absolute atomic E-state index is 13.6. The molecule has 1 atom stereocenters. The van der Waals surface area contributed by atoms with E-state index >= 15 is 0 Å². The lowest BCUT2D eigenvalue weighted by Gasteiger charge is -2.15. The van der Waals surface area contributed by atoms with Gasteiger partial charge in [-0.3, -0.25) is 9.36 Å². The predicted octanol–water partition coefficient (Wildman–Crippen LogP) is 6.91. The van der Waals surface area contributed by atoms with Gasteiger partial charge in [0.1, 0.15) is 5.58 Å². The number of hydrogen-bond donors (Lipinski definition) is 0. The van der Waals surface area contributed by atoms with Crippen molar-refractivity contribution in [2.45, 2.75) is 50.9 Å². The fourth-order valence-corrected chi connectivity index (χ4v) is 5.41. The highest BCUT2D eigenvalue weighted by Gasteiger charge is 2.16. The Morgan fingerprint density at radius 1 is 0.972 bits per heavy atom. The van der Waals surface area contributed by atoms with E-state index in [9.17, 15) is 9.59 Å². The minimum absolute atomic E-state index is 0.108. The van der Waals surface area contributed by atoms with E-state index in [4.69, 9.17) is 9.40 Å². The van der Waals surface area contributed by atoms with Crippen molar-refractivity contribution in [1.82, 2.24) is 9.55 Å². The largest absolute Gasteiger partial charge is 0.422 e. The van der Waals surface area contributed by atoms with E-state index in [1.165, 1.54) is 23.4 Å². The van der Waals surface area contributed by atoms with E-state index in [1.54, 1.807) is 4.57 Å². The summed E-state index contributed by atoms with van der Waals surface area (Å²) >= 11 is 1.44. The number of hydrogen-bond acceptors (Lipinski definition) is 5. The molecule has 0 amide bonds. The molecule has 2 aromatic heterocycles. The van der Waals surface area contributed by atoms with E-state index in [1.807, 2.05) is 62.4 Å². The summed E-state index contributed by atoms with van der Waals surface area (Å²) in [5, 5.41) is 2.06. The molecule has 0 saturated carbocycles. The number of thioether (sulfide) groups is 1. The van der Waals surface area contributed by atoms with Crippen LogP contribution in [0.4, 0.5) is 0 Å². The van der Waals surface area contributed by atoms with Gasteiger partial charge in [-0.15, -0.1) is 0 Å². The molecule has 1 unspecified atom stereocenters. The van der Waals surface area contributed by atoms with Crippen molar-refractivity contribution in [2.24, 2.45) is 0 Å². The first-order valence-corrected chi connectivity index (χ1v) is 13.1. The second-order valence-electron chi connectivity index (χ2n) is 9.22. The SMILES string of the molecule is CCC(C)c1ccc(-n2c(SCc3cc(=O)oc4c(C)c(C)ccc34)nc3ccccc3c2=O)cc1. The van der Waals surface area contributed by atoms with Crippen LogP contribution in [0.25, 0.3) is 27.6 Å². The van der Waals surface area contributed by atoms with Crippen LogP contribution in [0, 0.1) is 13.8 Å². The van der Waals surface area contributed by atoms with Crippen molar-refractivity contribution < 1.29 is 4.42 Å². The second kappa shape index (κ2) is 9.78. The summed E-state index contributed by atoms with van der Waals surface area (Å²) in [4.78, 5) is 30.9. The van der Waals surface area contributed by atoms with Crippen LogP contribution >= 0.6 is 11.8 Å². The summed E-state index contributed by atoms with van der Waals surface area (Å²) in [7, 11) is 0. The van der Waals surface area contributed by atoms with Gasteiger partial charge in [0.2, 0.25) is 0 Å². The lowest BCUT2D eigenvalue weighted by atomic mass is 9.98. The second-order valence-corrected chi connectivity index (χ2v) is 10.2. The van der Waals surface area contributed by atoms with Gasteiger partial charge in [0.05, 0.1) is 16.6 Å². The number of aryl methyl sites for hydroxylation is 2. The van der Waals surface area contributed by atoms with Crippen LogP contribution in [0.15, 0.2) is 85.9 Å². The van der Waals surface area contributed by atoms with Crippen molar-refractivity contribution in [3.8, 4) is 5.69 Å². The first kappa shape index (κ1) is 24.1. The average molecular weight is 497 g/mol. The third-order valence-electron chi connectivity index (χ3n) is 6.95. The molecule has 5 rings (SSSR count). The molecule has 182 valence electrons. The van der Waals surface area contributed by atoms with Crippen LogP contribution in [0.5, 0.6) is 0 Å². The summed E-state index contributed by atoms with van der Waals surface area (Å²) in [6.45, 7) is 8.33. The third-order valence-corrected chi connectivity index (χ3v) is 7.94. The zero-order valence-electron chi connectivity index (χ0n) is 20.9. The lowest BCUT2D eigenvalue weighted by molar-refractivity contribution is 0.557. The predicted molar refractivity (Wildman–Crippen MR) is 148 cm³/mol. The number of benzene rings is 3. The fraction of sp³-hybridized carbons (Fsp3) is 0.233. The minimum Gasteiger partial charge on any atom is -0.422 e. The topological polar surface area (TPSA) is 65.1 Å². The van der Waals surface area contributed by atoms with Crippen LogP contribution in [-0.2, 0) is 5.75 Å². The van der Waals surface area contributed by atoms with Gasteiger partial charge in [-0.2, -0.15) is 0 Å². The highest BCUT2D eigenvalue weighted by molar-refractivity contribution is 7.98. The van der Waals surface area contributed by atoms with Gasteiger partial charge in [-0.05, 0) is 72.7 Å². The molecule has 0 spiro atoms. The van der Waals surface area contributed by atoms with Crippen LogP contribution in [0.3, 0.4) is 0 Å². The summed E-state index contributed by atoms with van der Waals surface area (Å²) in [5.74, 6) is 0.921. The summed E-state index contributed by atoms with van der Waals surface area (Å²) in [5.41, 5.74) is 5.68. The molecule has 0 saturated heterocycles. The molecule has 5 nitrogen and oxygen atoms in total. The van der Waals surface area contributed by atoms with Gasteiger partial charge in [0, 0.05) is 17.2 Å². The summed E-state index contributed by atoms with van der Waals surface area (Å²) in [6, 6.07) is 21.1. The molecule has 0 aliphatic rings. The van der Waals surface area contributed by atoms with Gasteiger partial charge in [0.15, 0.2) is 5.16 Å². The lowest BCUT2D eigenvalue weighted by Crippen LogP contribution is -2.21. The summed E-state index contributed by atoms with van der Waals surface area (Å²) < 4.78 is 7.22. The van der Waals surface area contributed by atoms with Crippen molar-refractivity contribution in [2.75, 3.05) is 0 Å². The third kappa shape index (κ3) is 4.37. The first-order valence-electron chi connectivity index (χ1n) is 12.1. The Labute approximate surface area is 213 Å². The first-order chi connectivity index (χ1) is 17.4. The molecule has 3 aromatic carbocycles. The fourth-order valence-electron chi connectivity index (χ4n) is 4.41. The molecule has 6 heteroatoms. The zero-order valence-corrected chi connectivity index (χ0v) is 21.7. The normalized spacial score (nSPS) is 12.3. The van der Waals surface area contributed by atoms with Crippen molar-refractivity contribution in [3.63, 3.8) is 0 Å². The molecule has 5 aromatic rings. The number of para-hydroxylation sites is 1. The van der Waals surface area contributed by atoms with Gasteiger partial charge >= 0.3 is 5.63 Å². The van der Waals surface area contributed by atoms with E-state index in [0.717, 1.165) is 34.2 Å². The molecular weight excluding hydrogens is 468 g/mol. The van der Waals surface area contributed by atoms with Crippen molar-refractivity contribution >= 4 is 33.6 Å². The molecule has 0 aliphatic carbocycles. The Morgan fingerprint density at radius 2 is 1.72 bits per heavy atom. The number of aromatic nitrogens is 2. The highest BCUT2D eigenvalue weighted by atomic mass is 32.2. The smallest absolute Gasteiger partial charge is 0.336 e. The highest BCUT2D eigenvalue weighted by Crippen LogP contribution is 2.30. The maximum atomic E-state index is 13.6. The number of rotatable bonds is 6. The maximum Gasteiger partial charge on any atom is 0.336 e. The van der Waals surface area contributed by atoms with Gasteiger partial charge in [0.25, 0.3) is 5.56 Å². The standard InChI is InChI=1S/C30H28N2O3S/c1-5-18(2)21-11-13-23(14-12-21)32-29(34)25-8-6-7-9-26(25)31-30(32)36-17-22-16-27(33)35-28-20(4)19(3)10-15-24(22)28/h6-16,18H,5,17H2,1-4H3. The number of nitrogens with zero attached hydrogens (tertiary/aromatic N) is 2. The Hall–Kier alpha value is -3.64. The molecule has 0 bridgehead atoms. The van der Waals surface area contributed by atoms with Crippen LogP contribution in [0.1, 0.15) is 48.4 Å². The number of fused-ring (bicyclic) bond motifs is 2. The molecule has 0 fully saturated rings. The van der Waals surface area contributed by atoms with E-state index in [0.29, 0.717) is 33.3 Å². The van der Waals surface area contributed by atoms with Gasteiger partial charge in [-0.1, -0.05) is 62.0 Å². The van der Waals surface area contributed by atoms with E-state index in [2.05, 4.69) is 26.0 Å². The monoisotopic (exact) mass is 496 g/mol. The van der Waals surface area contributed by atoms with Crippen molar-refractivity contribution in [1.29, 1.82) is 0 Å². The zero-order chi connectivity index (χ0) is 25.4. The Balaban J connectivity index is 1.62. The Kier molecular flexibility index (Phi) is 6.54. The molecule has 36 heavy (non-hydrogen) atoms. The quantitative estimate of drug-likeness (QED) is 0.145. The Bertz CT molecular complexity index is 1700. The molecular formula is C30H28N2O3S. The molecule has 0 aliphatic heterocycles. The van der Waals surface area contributed by atoms with Crippen LogP contribution < -0.4 is 11.2 Å². The van der Waals surface area contributed by atoms with Crippen LogP contribution in [0.2, 0.25) is 0 Å².